The van der Waals surface area contributed by atoms with Crippen LogP contribution in [0.25, 0.3) is 0 Å². The van der Waals surface area contributed by atoms with E-state index in [2.05, 4.69) is 4.72 Å². The van der Waals surface area contributed by atoms with Crippen LogP contribution in [-0.2, 0) is 14.8 Å². The third-order valence-electron chi connectivity index (χ3n) is 2.99. The van der Waals surface area contributed by atoms with Crippen molar-refractivity contribution in [1.82, 2.24) is 4.72 Å². The van der Waals surface area contributed by atoms with Crippen molar-refractivity contribution in [3.63, 3.8) is 0 Å². The van der Waals surface area contributed by atoms with Crippen molar-refractivity contribution >= 4 is 21.8 Å². The predicted molar refractivity (Wildman–Crippen MR) is 77.7 cm³/mol. The summed E-state index contributed by atoms with van der Waals surface area (Å²) in [5.74, 6) is -1.47. The molecule has 21 heavy (non-hydrogen) atoms. The van der Waals surface area contributed by atoms with Crippen LogP contribution in [0.2, 0.25) is 0 Å². The Hall–Kier alpha value is -1.73. The van der Waals surface area contributed by atoms with E-state index in [1.165, 1.54) is 31.2 Å². The van der Waals surface area contributed by atoms with Gasteiger partial charge < -0.3 is 5.11 Å². The molecule has 0 aliphatic carbocycles. The number of sulfonamides is 1. The van der Waals surface area contributed by atoms with Gasteiger partial charge in [0.2, 0.25) is 10.0 Å². The van der Waals surface area contributed by atoms with Crippen LogP contribution in [0, 0.1) is 0 Å². The second kappa shape index (κ2) is 7.33. The van der Waals surface area contributed by atoms with Gasteiger partial charge in [0.1, 0.15) is 6.04 Å². The lowest BCUT2D eigenvalue weighted by Crippen LogP contribution is -2.40. The molecular formula is C14H19NO5S. The molecule has 0 amide bonds. The maximum atomic E-state index is 12.2. The molecule has 0 saturated heterocycles. The van der Waals surface area contributed by atoms with E-state index < -0.39 is 22.0 Å². The van der Waals surface area contributed by atoms with E-state index in [4.69, 9.17) is 5.11 Å². The summed E-state index contributed by atoms with van der Waals surface area (Å²) in [6, 6.07) is 4.35. The molecule has 0 spiro atoms. The minimum Gasteiger partial charge on any atom is -0.480 e. The summed E-state index contributed by atoms with van der Waals surface area (Å²) >= 11 is 0. The molecule has 1 unspecified atom stereocenters. The molecule has 0 heterocycles. The predicted octanol–water partition coefficient (Wildman–Crippen LogP) is 1.81. The number of carbonyl (C=O) groups excluding carboxylic acids is 1. The smallest absolute Gasteiger partial charge is 0.321 e. The van der Waals surface area contributed by atoms with Gasteiger partial charge in [-0.25, -0.2) is 8.42 Å². The molecule has 0 radical (unpaired) electrons. The van der Waals surface area contributed by atoms with Crippen LogP contribution >= 0.6 is 0 Å². The molecular weight excluding hydrogens is 294 g/mol. The van der Waals surface area contributed by atoms with Crippen LogP contribution < -0.4 is 4.72 Å². The number of hydrogen-bond donors (Lipinski definition) is 2. The fourth-order valence-corrected chi connectivity index (χ4v) is 3.05. The van der Waals surface area contributed by atoms with Crippen molar-refractivity contribution in [1.29, 1.82) is 0 Å². The minimum absolute atomic E-state index is 0.113. The molecule has 0 saturated carbocycles. The Kier molecular flexibility index (Phi) is 6.04. The van der Waals surface area contributed by atoms with Gasteiger partial charge in [0.05, 0.1) is 4.90 Å². The lowest BCUT2D eigenvalue weighted by Gasteiger charge is -2.14. The monoisotopic (exact) mass is 313 g/mol. The summed E-state index contributed by atoms with van der Waals surface area (Å²) in [5, 5.41) is 9.07. The summed E-state index contributed by atoms with van der Waals surface area (Å²) < 4.78 is 26.6. The highest BCUT2D eigenvalue weighted by atomic mass is 32.2. The molecule has 116 valence electrons. The number of Topliss-reactive ketones (excluding diaryl/α,β-unsaturated/α-hetero) is 1. The fraction of sp³-hybridized carbons (Fsp3) is 0.429. The minimum atomic E-state index is -3.97. The average Bonchev–Trinajstić information content (AvgIpc) is 2.43. The molecule has 1 atom stereocenters. The Bertz CT molecular complexity index is 624. The van der Waals surface area contributed by atoms with E-state index in [0.717, 1.165) is 6.42 Å². The van der Waals surface area contributed by atoms with Gasteiger partial charge in [0.15, 0.2) is 5.78 Å². The molecule has 0 aliphatic rings. The first-order valence-corrected chi connectivity index (χ1v) is 8.12. The number of hydrogen-bond acceptors (Lipinski definition) is 4. The van der Waals surface area contributed by atoms with Gasteiger partial charge >= 0.3 is 5.97 Å². The van der Waals surface area contributed by atoms with E-state index in [0.29, 0.717) is 6.42 Å². The van der Waals surface area contributed by atoms with E-state index in [1.807, 2.05) is 6.92 Å². The number of unbranched alkanes of at least 4 members (excludes halogenated alkanes) is 1. The number of carboxylic acid groups (broad SMARTS) is 1. The topological polar surface area (TPSA) is 101 Å². The normalized spacial score (nSPS) is 12.9. The second-order valence-electron chi connectivity index (χ2n) is 4.74. The largest absolute Gasteiger partial charge is 0.480 e. The van der Waals surface area contributed by atoms with E-state index in [9.17, 15) is 18.0 Å². The maximum absolute atomic E-state index is 12.2. The summed E-state index contributed by atoms with van der Waals surface area (Å²) in [4.78, 5) is 22.3. The van der Waals surface area contributed by atoms with Crippen molar-refractivity contribution in [2.24, 2.45) is 0 Å². The van der Waals surface area contributed by atoms with Crippen LogP contribution in [0.3, 0.4) is 0 Å². The summed E-state index contributed by atoms with van der Waals surface area (Å²) in [6.45, 7) is 3.23. The van der Waals surface area contributed by atoms with Crippen molar-refractivity contribution in [3.05, 3.63) is 29.8 Å². The van der Waals surface area contributed by atoms with E-state index in [1.54, 1.807) is 0 Å². The van der Waals surface area contributed by atoms with Crippen molar-refractivity contribution in [2.45, 2.75) is 44.0 Å². The molecule has 7 heteroatoms. The maximum Gasteiger partial charge on any atom is 0.321 e. The number of nitrogens with one attached hydrogen (secondary N) is 1. The Morgan fingerprint density at radius 3 is 2.52 bits per heavy atom. The zero-order valence-corrected chi connectivity index (χ0v) is 12.8. The molecule has 2 N–H and O–H groups in total. The molecule has 1 aromatic rings. The van der Waals surface area contributed by atoms with Crippen LogP contribution in [0.1, 0.15) is 43.5 Å². The Morgan fingerprint density at radius 2 is 2.00 bits per heavy atom. The van der Waals surface area contributed by atoms with Gasteiger partial charge in [0, 0.05) is 5.56 Å². The number of carbonyl (C=O) groups is 2. The Balaban J connectivity index is 3.01. The lowest BCUT2D eigenvalue weighted by atomic mass is 10.1. The molecule has 0 aromatic heterocycles. The quantitative estimate of drug-likeness (QED) is 0.713. The number of rotatable bonds is 8. The standard InChI is InChI=1S/C14H19NO5S/c1-3-4-8-13(14(17)18)15-21(19,20)12-7-5-6-11(9-12)10(2)16/h5-7,9,13,15H,3-4,8H2,1-2H3,(H,17,18). The first kappa shape index (κ1) is 17.3. The zero-order chi connectivity index (χ0) is 16.0. The van der Waals surface area contributed by atoms with Crippen molar-refractivity contribution in [3.8, 4) is 0 Å². The fourth-order valence-electron chi connectivity index (χ4n) is 1.78. The van der Waals surface area contributed by atoms with Gasteiger partial charge in [-0.05, 0) is 25.5 Å². The number of aliphatic carboxylic acids is 1. The zero-order valence-electron chi connectivity index (χ0n) is 12.0. The van der Waals surface area contributed by atoms with Crippen LogP contribution in [0.5, 0.6) is 0 Å². The van der Waals surface area contributed by atoms with Gasteiger partial charge in [-0.1, -0.05) is 31.9 Å². The molecule has 1 aromatic carbocycles. The molecule has 0 bridgehead atoms. The van der Waals surface area contributed by atoms with Crippen LogP contribution in [-0.4, -0.2) is 31.3 Å². The van der Waals surface area contributed by atoms with Gasteiger partial charge in [-0.3, -0.25) is 9.59 Å². The van der Waals surface area contributed by atoms with E-state index in [-0.39, 0.29) is 22.7 Å². The highest BCUT2D eigenvalue weighted by molar-refractivity contribution is 7.89. The Labute approximate surface area is 124 Å². The average molecular weight is 313 g/mol. The van der Waals surface area contributed by atoms with Gasteiger partial charge in [0.25, 0.3) is 0 Å². The molecule has 6 nitrogen and oxygen atoms in total. The molecule has 0 aliphatic heterocycles. The number of benzene rings is 1. The van der Waals surface area contributed by atoms with Gasteiger partial charge in [-0.15, -0.1) is 0 Å². The van der Waals surface area contributed by atoms with Crippen LogP contribution in [0.15, 0.2) is 29.2 Å². The third kappa shape index (κ3) is 4.95. The second-order valence-corrected chi connectivity index (χ2v) is 6.45. The summed E-state index contributed by atoms with van der Waals surface area (Å²) in [5.41, 5.74) is 0.262. The SMILES string of the molecule is CCCCC(NS(=O)(=O)c1cccc(C(C)=O)c1)C(=O)O. The Morgan fingerprint density at radius 1 is 1.33 bits per heavy atom. The molecule has 1 rings (SSSR count). The first-order valence-electron chi connectivity index (χ1n) is 6.64. The van der Waals surface area contributed by atoms with Crippen LogP contribution in [0.4, 0.5) is 0 Å². The summed E-state index contributed by atoms with van der Waals surface area (Å²) in [6.07, 6.45) is 1.59. The van der Waals surface area contributed by atoms with E-state index >= 15 is 0 Å². The third-order valence-corrected chi connectivity index (χ3v) is 4.46. The molecule has 0 fully saturated rings. The highest BCUT2D eigenvalue weighted by Crippen LogP contribution is 2.14. The highest BCUT2D eigenvalue weighted by Gasteiger charge is 2.25. The van der Waals surface area contributed by atoms with Crippen molar-refractivity contribution < 1.29 is 23.1 Å². The number of ketones is 1. The first-order chi connectivity index (χ1) is 9.77. The number of carboxylic acids is 1. The summed E-state index contributed by atoms with van der Waals surface area (Å²) in [7, 11) is -3.97. The van der Waals surface area contributed by atoms with Gasteiger partial charge in [-0.2, -0.15) is 4.72 Å². The van der Waals surface area contributed by atoms with Crippen molar-refractivity contribution in [2.75, 3.05) is 0 Å². The lowest BCUT2D eigenvalue weighted by molar-refractivity contribution is -0.139.